The van der Waals surface area contributed by atoms with Gasteiger partial charge in [-0.1, -0.05) is 18.2 Å². The summed E-state index contributed by atoms with van der Waals surface area (Å²) in [6.07, 6.45) is 3.71. The van der Waals surface area contributed by atoms with Crippen LogP contribution in [0.1, 0.15) is 18.4 Å². The van der Waals surface area contributed by atoms with Gasteiger partial charge in [0.25, 0.3) is 0 Å². The summed E-state index contributed by atoms with van der Waals surface area (Å²) >= 11 is 0. The number of carboxylic acids is 1. The van der Waals surface area contributed by atoms with Gasteiger partial charge in [0.2, 0.25) is 5.91 Å². The van der Waals surface area contributed by atoms with Crippen molar-refractivity contribution in [1.82, 2.24) is 4.90 Å². The molecule has 0 saturated carbocycles. The topological polar surface area (TPSA) is 57.6 Å². The first kappa shape index (κ1) is 14.2. The number of benzene rings is 1. The summed E-state index contributed by atoms with van der Waals surface area (Å²) in [6, 6.07) is 6.22. The third-order valence-electron chi connectivity index (χ3n) is 3.47. The number of amides is 1. The molecule has 5 heteroatoms. The smallest absolute Gasteiger partial charge is 0.306 e. The summed E-state index contributed by atoms with van der Waals surface area (Å²) in [6.45, 7) is 0.856. The molecule has 1 saturated heterocycles. The average molecular weight is 277 g/mol. The number of nitrogens with zero attached hydrogens (tertiary/aromatic N) is 1. The fraction of sp³-hybridized carbons (Fsp3) is 0.333. The second-order valence-electron chi connectivity index (χ2n) is 4.79. The SMILES string of the molecule is O=C(O)C1CCN(C(=O)/C=C/c2ccccc2F)CC1. The summed E-state index contributed by atoms with van der Waals surface area (Å²) in [5.74, 6) is -1.76. The van der Waals surface area contributed by atoms with Crippen molar-refractivity contribution in [2.75, 3.05) is 13.1 Å². The van der Waals surface area contributed by atoms with Crippen LogP contribution < -0.4 is 0 Å². The summed E-state index contributed by atoms with van der Waals surface area (Å²) in [4.78, 5) is 24.3. The van der Waals surface area contributed by atoms with E-state index in [1.165, 1.54) is 18.2 Å². The van der Waals surface area contributed by atoms with Gasteiger partial charge in [0.1, 0.15) is 5.82 Å². The van der Waals surface area contributed by atoms with E-state index in [0.717, 1.165) is 0 Å². The predicted molar refractivity (Wildman–Crippen MR) is 72.4 cm³/mol. The fourth-order valence-corrected chi connectivity index (χ4v) is 2.22. The van der Waals surface area contributed by atoms with Gasteiger partial charge >= 0.3 is 5.97 Å². The molecule has 1 amide bonds. The zero-order valence-electron chi connectivity index (χ0n) is 11.0. The van der Waals surface area contributed by atoms with E-state index in [0.29, 0.717) is 31.5 Å². The number of aliphatic carboxylic acids is 1. The summed E-state index contributed by atoms with van der Waals surface area (Å²) < 4.78 is 13.4. The number of hydrogen-bond acceptors (Lipinski definition) is 2. The Balaban J connectivity index is 1.93. The Hall–Kier alpha value is -2.17. The number of carbonyl (C=O) groups is 2. The molecular formula is C15H16FNO3. The number of carboxylic acid groups (broad SMARTS) is 1. The van der Waals surface area contributed by atoms with Crippen molar-refractivity contribution in [1.29, 1.82) is 0 Å². The first-order valence-corrected chi connectivity index (χ1v) is 6.52. The van der Waals surface area contributed by atoms with Crippen LogP contribution in [0.4, 0.5) is 4.39 Å². The Kier molecular flexibility index (Phi) is 4.50. The van der Waals surface area contributed by atoms with E-state index >= 15 is 0 Å². The second kappa shape index (κ2) is 6.32. The van der Waals surface area contributed by atoms with Crippen LogP contribution in [0.15, 0.2) is 30.3 Å². The molecule has 2 rings (SSSR count). The van der Waals surface area contributed by atoms with Crippen molar-refractivity contribution in [2.45, 2.75) is 12.8 Å². The molecule has 0 spiro atoms. The van der Waals surface area contributed by atoms with E-state index in [4.69, 9.17) is 5.11 Å². The lowest BCUT2D eigenvalue weighted by atomic mass is 9.97. The van der Waals surface area contributed by atoms with Gasteiger partial charge in [-0.2, -0.15) is 0 Å². The molecular weight excluding hydrogens is 261 g/mol. The molecule has 1 aliphatic rings. The Bertz CT molecular complexity index is 534. The third-order valence-corrected chi connectivity index (χ3v) is 3.47. The van der Waals surface area contributed by atoms with E-state index in [1.54, 1.807) is 23.1 Å². The normalized spacial score (nSPS) is 16.6. The lowest BCUT2D eigenvalue weighted by Gasteiger charge is -2.29. The van der Waals surface area contributed by atoms with Crippen molar-refractivity contribution in [3.63, 3.8) is 0 Å². The van der Waals surface area contributed by atoms with Crippen molar-refractivity contribution in [2.24, 2.45) is 5.92 Å². The van der Waals surface area contributed by atoms with Gasteiger partial charge in [-0.25, -0.2) is 4.39 Å². The maximum absolute atomic E-state index is 13.4. The Morgan fingerprint density at radius 2 is 1.90 bits per heavy atom. The van der Waals surface area contributed by atoms with Gasteiger partial charge in [-0.05, 0) is 25.0 Å². The molecule has 1 fully saturated rings. The maximum Gasteiger partial charge on any atom is 0.306 e. The van der Waals surface area contributed by atoms with Crippen molar-refractivity contribution in [3.05, 3.63) is 41.7 Å². The number of halogens is 1. The predicted octanol–water partition coefficient (Wildman–Crippen LogP) is 2.16. The lowest BCUT2D eigenvalue weighted by Crippen LogP contribution is -2.39. The zero-order chi connectivity index (χ0) is 14.5. The quantitative estimate of drug-likeness (QED) is 0.861. The molecule has 1 aliphatic heterocycles. The molecule has 0 unspecified atom stereocenters. The maximum atomic E-state index is 13.4. The summed E-state index contributed by atoms with van der Waals surface area (Å²) in [5.41, 5.74) is 0.362. The standard InChI is InChI=1S/C15H16FNO3/c16-13-4-2-1-3-11(13)5-6-14(18)17-9-7-12(8-10-17)15(19)20/h1-6,12H,7-10H2,(H,19,20)/b6-5+. The first-order valence-electron chi connectivity index (χ1n) is 6.52. The van der Waals surface area contributed by atoms with Crippen LogP contribution in [-0.4, -0.2) is 35.0 Å². The highest BCUT2D eigenvalue weighted by atomic mass is 19.1. The number of hydrogen-bond donors (Lipinski definition) is 1. The molecule has 20 heavy (non-hydrogen) atoms. The number of rotatable bonds is 3. The van der Waals surface area contributed by atoms with Crippen molar-refractivity contribution in [3.8, 4) is 0 Å². The highest BCUT2D eigenvalue weighted by Gasteiger charge is 2.25. The highest BCUT2D eigenvalue weighted by Crippen LogP contribution is 2.18. The van der Waals surface area contributed by atoms with Crippen LogP contribution in [0.25, 0.3) is 6.08 Å². The molecule has 1 N–H and O–H groups in total. The monoisotopic (exact) mass is 277 g/mol. The van der Waals surface area contributed by atoms with Gasteiger partial charge in [-0.15, -0.1) is 0 Å². The van der Waals surface area contributed by atoms with Crippen LogP contribution in [0, 0.1) is 11.7 Å². The number of carbonyl (C=O) groups excluding carboxylic acids is 1. The zero-order valence-corrected chi connectivity index (χ0v) is 11.0. The molecule has 0 aliphatic carbocycles. The molecule has 1 aromatic carbocycles. The molecule has 4 nitrogen and oxygen atoms in total. The van der Waals surface area contributed by atoms with Crippen molar-refractivity contribution >= 4 is 18.0 Å². The van der Waals surface area contributed by atoms with Gasteiger partial charge in [0.15, 0.2) is 0 Å². The van der Waals surface area contributed by atoms with Crippen LogP contribution in [0.3, 0.4) is 0 Å². The summed E-state index contributed by atoms with van der Waals surface area (Å²) in [7, 11) is 0. The Labute approximate surface area is 116 Å². The first-order chi connectivity index (χ1) is 9.58. The highest BCUT2D eigenvalue weighted by molar-refractivity contribution is 5.92. The minimum Gasteiger partial charge on any atom is -0.481 e. The largest absolute Gasteiger partial charge is 0.481 e. The van der Waals surface area contributed by atoms with E-state index in [2.05, 4.69) is 0 Å². The fourth-order valence-electron chi connectivity index (χ4n) is 2.22. The van der Waals surface area contributed by atoms with Gasteiger partial charge < -0.3 is 10.0 Å². The summed E-state index contributed by atoms with van der Waals surface area (Å²) in [5, 5.41) is 8.89. The molecule has 106 valence electrons. The van der Waals surface area contributed by atoms with Crippen LogP contribution in [0.2, 0.25) is 0 Å². The average Bonchev–Trinajstić information content (AvgIpc) is 2.46. The second-order valence-corrected chi connectivity index (χ2v) is 4.79. The van der Waals surface area contributed by atoms with E-state index < -0.39 is 5.97 Å². The van der Waals surface area contributed by atoms with Crippen LogP contribution in [0.5, 0.6) is 0 Å². The molecule has 1 aromatic rings. The minimum atomic E-state index is -0.806. The number of likely N-dealkylation sites (tertiary alicyclic amines) is 1. The van der Waals surface area contributed by atoms with E-state index in [-0.39, 0.29) is 17.6 Å². The molecule has 0 bridgehead atoms. The van der Waals surface area contributed by atoms with Crippen molar-refractivity contribution < 1.29 is 19.1 Å². The number of piperidine rings is 1. The molecule has 0 radical (unpaired) electrons. The van der Waals surface area contributed by atoms with Crippen LogP contribution in [-0.2, 0) is 9.59 Å². The van der Waals surface area contributed by atoms with Crippen LogP contribution >= 0.6 is 0 Å². The molecule has 0 atom stereocenters. The Morgan fingerprint density at radius 1 is 1.25 bits per heavy atom. The van der Waals surface area contributed by atoms with Gasteiger partial charge in [0, 0.05) is 24.7 Å². The van der Waals surface area contributed by atoms with Gasteiger partial charge in [0.05, 0.1) is 5.92 Å². The van der Waals surface area contributed by atoms with E-state index in [9.17, 15) is 14.0 Å². The lowest BCUT2D eigenvalue weighted by molar-refractivity contribution is -0.144. The third kappa shape index (κ3) is 3.44. The molecule has 0 aromatic heterocycles. The molecule has 1 heterocycles. The van der Waals surface area contributed by atoms with Gasteiger partial charge in [-0.3, -0.25) is 9.59 Å². The Morgan fingerprint density at radius 3 is 2.50 bits per heavy atom. The van der Waals surface area contributed by atoms with E-state index in [1.807, 2.05) is 0 Å². The minimum absolute atomic E-state index is 0.211.